The summed E-state index contributed by atoms with van der Waals surface area (Å²) in [5, 5.41) is 11.7. The van der Waals surface area contributed by atoms with Gasteiger partial charge >= 0.3 is 12.1 Å². The molecule has 1 aromatic rings. The Morgan fingerprint density at radius 3 is 2.60 bits per heavy atom. The third kappa shape index (κ3) is 3.92. The molecule has 0 saturated carbocycles. The first-order valence-corrected chi connectivity index (χ1v) is 5.94. The lowest BCUT2D eigenvalue weighted by molar-refractivity contribution is -0.138. The molecule has 0 aliphatic carbocycles. The minimum absolute atomic E-state index is 0.156. The number of nitrogens with one attached hydrogen (secondary N) is 1. The lowest BCUT2D eigenvalue weighted by Gasteiger charge is -2.18. The van der Waals surface area contributed by atoms with Crippen molar-refractivity contribution in [1.82, 2.24) is 0 Å². The summed E-state index contributed by atoms with van der Waals surface area (Å²) in [4.78, 5) is 10.8. The second kappa shape index (κ2) is 6.33. The van der Waals surface area contributed by atoms with Crippen molar-refractivity contribution >= 4 is 11.7 Å². The van der Waals surface area contributed by atoms with Crippen LogP contribution in [-0.2, 0) is 6.18 Å². The Balaban J connectivity index is 3.13. The van der Waals surface area contributed by atoms with Gasteiger partial charge in [0.15, 0.2) is 0 Å². The molecule has 0 heterocycles. The van der Waals surface area contributed by atoms with E-state index in [1.54, 1.807) is 0 Å². The van der Waals surface area contributed by atoms with Crippen LogP contribution in [0.1, 0.15) is 35.7 Å². The summed E-state index contributed by atoms with van der Waals surface area (Å²) in [5.74, 6) is 0.823. The molecule has 1 rings (SSSR count). The molecule has 1 unspecified atom stereocenters. The third-order valence-electron chi connectivity index (χ3n) is 2.78. The number of halogens is 3. The Bertz CT molecular complexity index is 532. The fourth-order valence-corrected chi connectivity index (χ4v) is 1.73. The molecule has 0 spiro atoms. The van der Waals surface area contributed by atoms with Crippen LogP contribution in [0.3, 0.4) is 0 Å². The van der Waals surface area contributed by atoms with Crippen molar-refractivity contribution in [2.24, 2.45) is 0 Å². The van der Waals surface area contributed by atoms with E-state index in [1.807, 2.05) is 6.92 Å². The number of hydrogen-bond donors (Lipinski definition) is 2. The zero-order chi connectivity index (χ0) is 15.3. The average molecular weight is 285 g/mol. The molecule has 20 heavy (non-hydrogen) atoms. The number of alkyl halides is 3. The number of hydrogen-bond acceptors (Lipinski definition) is 2. The largest absolute Gasteiger partial charge is 0.478 e. The Hall–Kier alpha value is -2.16. The Labute approximate surface area is 114 Å². The number of rotatable bonds is 5. The number of carboxylic acids is 1. The predicted octanol–water partition coefficient (Wildman–Crippen LogP) is 3.62. The second-order valence-electron chi connectivity index (χ2n) is 4.22. The molecule has 3 nitrogen and oxygen atoms in total. The molecule has 0 bridgehead atoms. The number of terminal acetylenes is 1. The highest BCUT2D eigenvalue weighted by atomic mass is 19.4. The minimum Gasteiger partial charge on any atom is -0.478 e. The molecule has 0 aromatic heterocycles. The van der Waals surface area contributed by atoms with Gasteiger partial charge in [-0.2, -0.15) is 13.2 Å². The van der Waals surface area contributed by atoms with Gasteiger partial charge in [0.2, 0.25) is 0 Å². The lowest BCUT2D eigenvalue weighted by atomic mass is 10.0. The topological polar surface area (TPSA) is 49.3 Å². The van der Waals surface area contributed by atoms with Crippen LogP contribution in [0, 0.1) is 12.3 Å². The standard InChI is InChI=1S/C14H14F3NO2/c1-3-5-9(4-2)18-10-6-7-11(13(19)20)12(8-10)14(15,16)17/h1,6-9,18H,4-5H2,2H3,(H,19,20). The van der Waals surface area contributed by atoms with Gasteiger partial charge < -0.3 is 10.4 Å². The van der Waals surface area contributed by atoms with E-state index in [4.69, 9.17) is 11.5 Å². The van der Waals surface area contributed by atoms with Gasteiger partial charge in [0.05, 0.1) is 11.1 Å². The normalized spacial score (nSPS) is 12.6. The van der Waals surface area contributed by atoms with E-state index in [0.717, 1.165) is 12.1 Å². The smallest absolute Gasteiger partial charge is 0.417 e. The van der Waals surface area contributed by atoms with Crippen molar-refractivity contribution in [3.8, 4) is 12.3 Å². The van der Waals surface area contributed by atoms with Crippen molar-refractivity contribution in [3.63, 3.8) is 0 Å². The zero-order valence-electron chi connectivity index (χ0n) is 10.8. The molecule has 1 aromatic carbocycles. The monoisotopic (exact) mass is 285 g/mol. The van der Waals surface area contributed by atoms with E-state index in [9.17, 15) is 18.0 Å². The summed E-state index contributed by atoms with van der Waals surface area (Å²) in [5.41, 5.74) is -1.75. The molecule has 0 aliphatic rings. The van der Waals surface area contributed by atoms with E-state index >= 15 is 0 Å². The van der Waals surface area contributed by atoms with Crippen LogP contribution in [0.25, 0.3) is 0 Å². The molecule has 2 N–H and O–H groups in total. The molecular weight excluding hydrogens is 271 g/mol. The highest BCUT2D eigenvalue weighted by Gasteiger charge is 2.35. The average Bonchev–Trinajstić information content (AvgIpc) is 2.36. The van der Waals surface area contributed by atoms with Gasteiger partial charge in [-0.1, -0.05) is 6.92 Å². The van der Waals surface area contributed by atoms with Crippen LogP contribution in [0.5, 0.6) is 0 Å². The Kier molecular flexibility index (Phi) is 5.03. The second-order valence-corrected chi connectivity index (χ2v) is 4.22. The SMILES string of the molecule is C#CCC(CC)Nc1ccc(C(=O)O)c(C(F)(F)F)c1. The molecular formula is C14H14F3NO2. The molecule has 0 fully saturated rings. The van der Waals surface area contributed by atoms with Gasteiger partial charge in [0.25, 0.3) is 0 Å². The molecule has 0 saturated heterocycles. The van der Waals surface area contributed by atoms with Crippen molar-refractivity contribution in [1.29, 1.82) is 0 Å². The molecule has 108 valence electrons. The number of benzene rings is 1. The van der Waals surface area contributed by atoms with E-state index in [0.29, 0.717) is 12.8 Å². The predicted molar refractivity (Wildman–Crippen MR) is 69.6 cm³/mol. The van der Waals surface area contributed by atoms with Gasteiger partial charge in [0.1, 0.15) is 0 Å². The molecule has 0 aliphatic heterocycles. The number of aromatic carboxylic acids is 1. The lowest BCUT2D eigenvalue weighted by Crippen LogP contribution is -2.19. The van der Waals surface area contributed by atoms with Gasteiger partial charge in [-0.3, -0.25) is 0 Å². The summed E-state index contributed by atoms with van der Waals surface area (Å²) in [6, 6.07) is 2.88. The number of carbonyl (C=O) groups is 1. The van der Waals surface area contributed by atoms with Crippen molar-refractivity contribution < 1.29 is 23.1 Å². The van der Waals surface area contributed by atoms with Gasteiger partial charge in [0, 0.05) is 18.2 Å². The maximum Gasteiger partial charge on any atom is 0.417 e. The highest BCUT2D eigenvalue weighted by molar-refractivity contribution is 5.90. The first-order chi connectivity index (χ1) is 9.29. The van der Waals surface area contributed by atoms with E-state index in [-0.39, 0.29) is 11.7 Å². The van der Waals surface area contributed by atoms with Crippen LogP contribution in [-0.4, -0.2) is 17.1 Å². The summed E-state index contributed by atoms with van der Waals surface area (Å²) in [7, 11) is 0. The van der Waals surface area contributed by atoms with Crippen LogP contribution in [0.2, 0.25) is 0 Å². The number of carboxylic acid groups (broad SMARTS) is 1. The minimum atomic E-state index is -4.72. The van der Waals surface area contributed by atoms with Crippen molar-refractivity contribution in [2.45, 2.75) is 32.0 Å². The summed E-state index contributed by atoms with van der Waals surface area (Å²) >= 11 is 0. The van der Waals surface area contributed by atoms with Crippen molar-refractivity contribution in [3.05, 3.63) is 29.3 Å². The summed E-state index contributed by atoms with van der Waals surface area (Å²) in [6.45, 7) is 1.85. The highest BCUT2D eigenvalue weighted by Crippen LogP contribution is 2.34. The maximum atomic E-state index is 12.8. The first-order valence-electron chi connectivity index (χ1n) is 5.94. The molecule has 0 radical (unpaired) electrons. The molecule has 0 amide bonds. The Morgan fingerprint density at radius 2 is 2.15 bits per heavy atom. The van der Waals surface area contributed by atoms with Gasteiger partial charge in [-0.25, -0.2) is 4.79 Å². The summed E-state index contributed by atoms with van der Waals surface area (Å²) in [6.07, 6.45) is 1.47. The quantitative estimate of drug-likeness (QED) is 0.812. The first kappa shape index (κ1) is 15.9. The Morgan fingerprint density at radius 1 is 1.50 bits per heavy atom. The molecule has 6 heteroatoms. The van der Waals surface area contributed by atoms with Crippen LogP contribution >= 0.6 is 0 Å². The fraction of sp³-hybridized carbons (Fsp3) is 0.357. The van der Waals surface area contributed by atoms with Crippen molar-refractivity contribution in [2.75, 3.05) is 5.32 Å². The fourth-order valence-electron chi connectivity index (χ4n) is 1.73. The third-order valence-corrected chi connectivity index (χ3v) is 2.78. The molecule has 1 atom stereocenters. The van der Waals surface area contributed by atoms with E-state index in [2.05, 4.69) is 11.2 Å². The van der Waals surface area contributed by atoms with Gasteiger partial charge in [-0.05, 0) is 24.6 Å². The van der Waals surface area contributed by atoms with Crippen LogP contribution in [0.4, 0.5) is 18.9 Å². The van der Waals surface area contributed by atoms with E-state index in [1.165, 1.54) is 6.07 Å². The summed E-state index contributed by atoms with van der Waals surface area (Å²) < 4.78 is 38.5. The van der Waals surface area contributed by atoms with Crippen LogP contribution in [0.15, 0.2) is 18.2 Å². The maximum absolute atomic E-state index is 12.8. The van der Waals surface area contributed by atoms with Crippen LogP contribution < -0.4 is 5.32 Å². The number of anilines is 1. The van der Waals surface area contributed by atoms with Gasteiger partial charge in [-0.15, -0.1) is 12.3 Å². The zero-order valence-corrected chi connectivity index (χ0v) is 10.8. The van der Waals surface area contributed by atoms with E-state index < -0.39 is 23.3 Å².